The maximum Gasteiger partial charge on any atom is 0.231 e. The van der Waals surface area contributed by atoms with Gasteiger partial charge in [0.2, 0.25) is 5.78 Å². The van der Waals surface area contributed by atoms with Crippen molar-refractivity contribution in [2.75, 3.05) is 19.9 Å². The lowest BCUT2D eigenvalue weighted by Crippen LogP contribution is -2.37. The highest BCUT2D eigenvalue weighted by molar-refractivity contribution is 6.15. The van der Waals surface area contributed by atoms with Gasteiger partial charge in [0, 0.05) is 25.3 Å². The Morgan fingerprint density at radius 3 is 2.93 bits per heavy atom. The van der Waals surface area contributed by atoms with Crippen molar-refractivity contribution in [1.82, 2.24) is 4.90 Å². The van der Waals surface area contributed by atoms with Gasteiger partial charge in [-0.3, -0.25) is 9.69 Å². The second kappa shape index (κ2) is 7.04. The monoisotopic (exact) mass is 381 g/mol. The summed E-state index contributed by atoms with van der Waals surface area (Å²) < 4.78 is 31.5. The lowest BCUT2D eigenvalue weighted by Gasteiger charge is -2.31. The van der Waals surface area contributed by atoms with Crippen molar-refractivity contribution < 1.29 is 23.4 Å². The van der Waals surface area contributed by atoms with Crippen LogP contribution in [0.4, 0.5) is 4.39 Å². The Kier molecular flexibility index (Phi) is 4.37. The predicted octanol–water partition coefficient (Wildman–Crippen LogP) is 3.77. The topological polar surface area (TPSA) is 48.0 Å². The molecule has 0 saturated carbocycles. The highest BCUT2D eigenvalue weighted by atomic mass is 19.1. The first-order chi connectivity index (χ1) is 13.7. The maximum absolute atomic E-state index is 14.0. The van der Waals surface area contributed by atoms with Gasteiger partial charge in [0.25, 0.3) is 0 Å². The Balaban J connectivity index is 1.43. The largest absolute Gasteiger partial charge is 0.478 e. The first kappa shape index (κ1) is 17.4. The molecule has 0 radical (unpaired) electrons. The van der Waals surface area contributed by atoms with E-state index in [9.17, 15) is 9.18 Å². The highest BCUT2D eigenvalue weighted by Gasteiger charge is 2.34. The van der Waals surface area contributed by atoms with E-state index in [4.69, 9.17) is 14.2 Å². The quantitative estimate of drug-likeness (QED) is 0.758. The summed E-state index contributed by atoms with van der Waals surface area (Å²) >= 11 is 0. The van der Waals surface area contributed by atoms with Crippen LogP contribution in [0.3, 0.4) is 0 Å². The number of Topliss-reactive ketones (excluding diaryl/α,β-unsaturated/α-hetero) is 1. The molecule has 2 aromatic carbocycles. The third-order valence-corrected chi connectivity index (χ3v) is 5.36. The zero-order valence-corrected chi connectivity index (χ0v) is 15.3. The van der Waals surface area contributed by atoms with E-state index in [1.165, 1.54) is 12.1 Å². The fourth-order valence-electron chi connectivity index (χ4n) is 3.93. The van der Waals surface area contributed by atoms with Crippen molar-refractivity contribution in [2.45, 2.75) is 25.5 Å². The van der Waals surface area contributed by atoms with Crippen LogP contribution in [-0.4, -0.2) is 36.7 Å². The lowest BCUT2D eigenvalue weighted by atomic mass is 10.0. The first-order valence-electron chi connectivity index (χ1n) is 9.50. The molecule has 1 fully saturated rings. The lowest BCUT2D eigenvalue weighted by molar-refractivity contribution is 0.0274. The number of carbonyl (C=O) groups is 1. The third-order valence-electron chi connectivity index (χ3n) is 5.36. The molecule has 0 amide bonds. The van der Waals surface area contributed by atoms with E-state index in [1.807, 2.05) is 6.07 Å². The number of carbonyl (C=O) groups excluding carboxylic acids is 1. The van der Waals surface area contributed by atoms with Gasteiger partial charge >= 0.3 is 0 Å². The van der Waals surface area contributed by atoms with E-state index in [2.05, 4.69) is 4.90 Å². The number of rotatable bonds is 3. The molecule has 0 bridgehead atoms. The molecule has 3 aliphatic heterocycles. The number of hydrogen-bond donors (Lipinski definition) is 0. The minimum absolute atomic E-state index is 0.129. The van der Waals surface area contributed by atoms with Gasteiger partial charge in [-0.05, 0) is 37.1 Å². The minimum atomic E-state index is -0.393. The van der Waals surface area contributed by atoms with Crippen molar-refractivity contribution in [1.29, 1.82) is 0 Å². The summed E-state index contributed by atoms with van der Waals surface area (Å²) in [5.74, 6) is 0.738. The molecule has 0 unspecified atom stereocenters. The minimum Gasteiger partial charge on any atom is -0.478 e. The predicted molar refractivity (Wildman–Crippen MR) is 101 cm³/mol. The Bertz CT molecular complexity index is 965. The van der Waals surface area contributed by atoms with E-state index >= 15 is 0 Å². The normalized spacial score (nSPS) is 22.7. The summed E-state index contributed by atoms with van der Waals surface area (Å²) in [6.45, 7) is 2.71. The molecule has 0 aliphatic carbocycles. The molecule has 2 aromatic rings. The second-order valence-electron chi connectivity index (χ2n) is 7.30. The zero-order chi connectivity index (χ0) is 19.1. The molecule has 5 rings (SSSR count). The van der Waals surface area contributed by atoms with Crippen LogP contribution in [0.25, 0.3) is 6.08 Å². The Morgan fingerprint density at radius 1 is 1.21 bits per heavy atom. The van der Waals surface area contributed by atoms with Crippen molar-refractivity contribution in [3.63, 3.8) is 0 Å². The zero-order valence-electron chi connectivity index (χ0n) is 15.3. The van der Waals surface area contributed by atoms with Gasteiger partial charge in [-0.1, -0.05) is 18.2 Å². The van der Waals surface area contributed by atoms with E-state index in [0.29, 0.717) is 30.2 Å². The average molecular weight is 381 g/mol. The first-order valence-corrected chi connectivity index (χ1v) is 9.50. The summed E-state index contributed by atoms with van der Waals surface area (Å²) in [6.07, 6.45) is 3.83. The molecule has 144 valence electrons. The summed E-state index contributed by atoms with van der Waals surface area (Å²) in [7, 11) is 0. The van der Waals surface area contributed by atoms with Gasteiger partial charge in [-0.25, -0.2) is 4.39 Å². The fraction of sp³-hybridized carbons (Fsp3) is 0.318. The Morgan fingerprint density at radius 2 is 2.11 bits per heavy atom. The number of benzene rings is 2. The fourth-order valence-corrected chi connectivity index (χ4v) is 3.93. The summed E-state index contributed by atoms with van der Waals surface area (Å²) in [4.78, 5) is 14.9. The van der Waals surface area contributed by atoms with Gasteiger partial charge in [0.15, 0.2) is 5.76 Å². The molecular weight excluding hydrogens is 361 g/mol. The van der Waals surface area contributed by atoms with Crippen molar-refractivity contribution in [2.24, 2.45) is 0 Å². The number of allylic oxidation sites excluding steroid dienone is 1. The number of hydrogen-bond acceptors (Lipinski definition) is 5. The van der Waals surface area contributed by atoms with Gasteiger partial charge in [0.05, 0.1) is 17.2 Å². The van der Waals surface area contributed by atoms with Gasteiger partial charge in [0.1, 0.15) is 24.0 Å². The molecule has 28 heavy (non-hydrogen) atoms. The summed E-state index contributed by atoms with van der Waals surface area (Å²) in [5.41, 5.74) is 1.67. The SMILES string of the molecule is O=C1C(=Cc2ccccc2F)Oc2c1ccc1c2CN(C[C@H]2CCCO2)CO1. The van der Waals surface area contributed by atoms with Crippen LogP contribution in [-0.2, 0) is 11.3 Å². The van der Waals surface area contributed by atoms with E-state index < -0.39 is 5.82 Å². The van der Waals surface area contributed by atoms with Crippen molar-refractivity contribution in [3.05, 3.63) is 64.7 Å². The molecule has 1 saturated heterocycles. The van der Waals surface area contributed by atoms with Crippen LogP contribution in [0.5, 0.6) is 11.5 Å². The second-order valence-corrected chi connectivity index (χ2v) is 7.30. The van der Waals surface area contributed by atoms with Crippen LogP contribution < -0.4 is 9.47 Å². The Labute approximate surface area is 162 Å². The Hall–Kier alpha value is -2.70. The van der Waals surface area contributed by atoms with Crippen LogP contribution >= 0.6 is 0 Å². The number of halogens is 1. The maximum atomic E-state index is 14.0. The highest BCUT2D eigenvalue weighted by Crippen LogP contribution is 2.42. The summed E-state index contributed by atoms with van der Waals surface area (Å²) in [5, 5.41) is 0. The molecule has 6 heteroatoms. The summed E-state index contributed by atoms with van der Waals surface area (Å²) in [6, 6.07) is 9.83. The molecule has 1 atom stereocenters. The van der Waals surface area contributed by atoms with E-state index in [0.717, 1.165) is 37.3 Å². The van der Waals surface area contributed by atoms with Crippen LogP contribution in [0, 0.1) is 5.82 Å². The number of fused-ring (bicyclic) bond motifs is 3. The van der Waals surface area contributed by atoms with E-state index in [1.54, 1.807) is 24.3 Å². The van der Waals surface area contributed by atoms with Gasteiger partial charge < -0.3 is 14.2 Å². The molecular formula is C22H20FNO4. The van der Waals surface area contributed by atoms with Crippen LogP contribution in [0.2, 0.25) is 0 Å². The van der Waals surface area contributed by atoms with E-state index in [-0.39, 0.29) is 17.6 Å². The smallest absolute Gasteiger partial charge is 0.231 e. The molecule has 3 heterocycles. The van der Waals surface area contributed by atoms with Crippen molar-refractivity contribution in [3.8, 4) is 11.5 Å². The number of ketones is 1. The molecule has 3 aliphatic rings. The number of ether oxygens (including phenoxy) is 3. The molecule has 0 spiro atoms. The average Bonchev–Trinajstić information content (AvgIpc) is 3.32. The standard InChI is InChI=1S/C22H20FNO4/c23-18-6-2-1-4-14(18)10-20-21(25)16-7-8-19-17(22(16)28-20)12-24(13-27-19)11-15-5-3-9-26-15/h1-2,4,6-8,10,15H,3,5,9,11-13H2/t15-/m1/s1. The molecule has 0 N–H and O–H groups in total. The third kappa shape index (κ3) is 3.08. The molecule has 0 aromatic heterocycles. The molecule has 5 nitrogen and oxygen atoms in total. The van der Waals surface area contributed by atoms with Gasteiger partial charge in [-0.2, -0.15) is 0 Å². The number of nitrogens with zero attached hydrogens (tertiary/aromatic N) is 1. The van der Waals surface area contributed by atoms with Crippen LogP contribution in [0.15, 0.2) is 42.2 Å². The van der Waals surface area contributed by atoms with Gasteiger partial charge in [-0.15, -0.1) is 0 Å². The van der Waals surface area contributed by atoms with Crippen molar-refractivity contribution >= 4 is 11.9 Å². The van der Waals surface area contributed by atoms with Crippen LogP contribution in [0.1, 0.15) is 34.3 Å².